The van der Waals surface area contributed by atoms with Gasteiger partial charge in [-0.05, 0) is 72.4 Å². The highest BCUT2D eigenvalue weighted by molar-refractivity contribution is 5.84. The Hall–Kier alpha value is -1.50. The van der Waals surface area contributed by atoms with E-state index in [0.717, 1.165) is 30.6 Å². The lowest BCUT2D eigenvalue weighted by atomic mass is 9.77. The second-order valence-electron chi connectivity index (χ2n) is 9.24. The molecule has 1 fully saturated rings. The van der Waals surface area contributed by atoms with Crippen LogP contribution >= 0.6 is 0 Å². The molecule has 0 atom stereocenters. The Bertz CT molecular complexity index is 711. The zero-order valence-corrected chi connectivity index (χ0v) is 18.9. The van der Waals surface area contributed by atoms with E-state index in [1.165, 1.54) is 87.8 Å². The summed E-state index contributed by atoms with van der Waals surface area (Å²) in [4.78, 5) is 0. The molecule has 0 heterocycles. The number of ether oxygens (including phenoxy) is 1. The number of benzene rings is 2. The number of hydrogen-bond donors (Lipinski definition) is 0. The Balaban J connectivity index is 1.49. The molecule has 0 spiro atoms. The van der Waals surface area contributed by atoms with E-state index in [1.807, 2.05) is 0 Å². The van der Waals surface area contributed by atoms with Gasteiger partial charge in [-0.25, -0.2) is 0 Å². The topological polar surface area (TPSA) is 9.23 Å². The van der Waals surface area contributed by atoms with Crippen LogP contribution < -0.4 is 4.74 Å². The predicted octanol–water partition coefficient (Wildman–Crippen LogP) is 9.04. The van der Waals surface area contributed by atoms with Gasteiger partial charge in [0, 0.05) is 0 Å². The van der Waals surface area contributed by atoms with Crippen molar-refractivity contribution in [2.24, 2.45) is 5.92 Å². The molecule has 0 aromatic heterocycles. The SMILES string of the molecule is CCCCCCCOc1ccc2cc([C@H]3CC[C@H](CCCCC)CC3)ccc2c1. The smallest absolute Gasteiger partial charge is 0.119 e. The van der Waals surface area contributed by atoms with Crippen LogP contribution in [0.2, 0.25) is 0 Å². The molecule has 2 aromatic carbocycles. The number of rotatable bonds is 12. The molecule has 160 valence electrons. The highest BCUT2D eigenvalue weighted by Crippen LogP contribution is 2.38. The molecule has 1 aliphatic carbocycles. The third-order valence-corrected chi connectivity index (χ3v) is 6.89. The van der Waals surface area contributed by atoms with Crippen LogP contribution in [0.3, 0.4) is 0 Å². The first kappa shape index (κ1) is 22.2. The maximum absolute atomic E-state index is 5.99. The minimum atomic E-state index is 0.765. The van der Waals surface area contributed by atoms with E-state index in [-0.39, 0.29) is 0 Å². The van der Waals surface area contributed by atoms with E-state index in [9.17, 15) is 0 Å². The molecular weight excluding hydrogens is 352 g/mol. The molecule has 0 bridgehead atoms. The van der Waals surface area contributed by atoms with Gasteiger partial charge in [0.25, 0.3) is 0 Å². The van der Waals surface area contributed by atoms with Crippen LogP contribution in [-0.2, 0) is 0 Å². The fraction of sp³-hybridized carbons (Fsp3) is 0.643. The van der Waals surface area contributed by atoms with Crippen LogP contribution in [0.1, 0.15) is 109 Å². The summed E-state index contributed by atoms with van der Waals surface area (Å²) in [5.41, 5.74) is 1.55. The molecule has 29 heavy (non-hydrogen) atoms. The zero-order chi connectivity index (χ0) is 20.3. The number of unbranched alkanes of at least 4 members (excludes halogenated alkanes) is 6. The fourth-order valence-corrected chi connectivity index (χ4v) is 4.95. The maximum atomic E-state index is 5.99. The third-order valence-electron chi connectivity index (χ3n) is 6.89. The summed E-state index contributed by atoms with van der Waals surface area (Å²) in [7, 11) is 0. The van der Waals surface area contributed by atoms with Crippen molar-refractivity contribution in [3.05, 3.63) is 42.0 Å². The van der Waals surface area contributed by atoms with E-state index >= 15 is 0 Å². The minimum Gasteiger partial charge on any atom is -0.494 e. The lowest BCUT2D eigenvalue weighted by Gasteiger charge is -2.29. The third kappa shape index (κ3) is 7.05. The van der Waals surface area contributed by atoms with Gasteiger partial charge in [0.15, 0.2) is 0 Å². The molecule has 0 unspecified atom stereocenters. The lowest BCUT2D eigenvalue weighted by Crippen LogP contribution is -2.13. The fourth-order valence-electron chi connectivity index (χ4n) is 4.95. The van der Waals surface area contributed by atoms with Crippen LogP contribution in [0, 0.1) is 5.92 Å². The average molecular weight is 395 g/mol. The largest absolute Gasteiger partial charge is 0.494 e. The van der Waals surface area contributed by atoms with Gasteiger partial charge >= 0.3 is 0 Å². The number of hydrogen-bond acceptors (Lipinski definition) is 1. The highest BCUT2D eigenvalue weighted by Gasteiger charge is 2.22. The zero-order valence-electron chi connectivity index (χ0n) is 18.9. The predicted molar refractivity (Wildman–Crippen MR) is 127 cm³/mol. The van der Waals surface area contributed by atoms with E-state index in [0.29, 0.717) is 0 Å². The molecule has 2 aromatic rings. The molecule has 0 N–H and O–H groups in total. The van der Waals surface area contributed by atoms with Gasteiger partial charge in [-0.2, -0.15) is 0 Å². The molecule has 1 heteroatoms. The van der Waals surface area contributed by atoms with E-state index in [1.54, 1.807) is 5.56 Å². The summed E-state index contributed by atoms with van der Waals surface area (Å²) in [6.45, 7) is 5.41. The van der Waals surface area contributed by atoms with Gasteiger partial charge in [0.05, 0.1) is 6.61 Å². The lowest BCUT2D eigenvalue weighted by molar-refractivity contribution is 0.303. The Morgan fingerprint density at radius 3 is 2.21 bits per heavy atom. The molecule has 1 nitrogen and oxygen atoms in total. The maximum Gasteiger partial charge on any atom is 0.119 e. The van der Waals surface area contributed by atoms with Crippen molar-refractivity contribution >= 4 is 10.8 Å². The van der Waals surface area contributed by atoms with Crippen molar-refractivity contribution in [2.45, 2.75) is 103 Å². The first-order valence-electron chi connectivity index (χ1n) is 12.5. The molecule has 3 rings (SSSR count). The van der Waals surface area contributed by atoms with Gasteiger partial charge in [0.2, 0.25) is 0 Å². The second-order valence-corrected chi connectivity index (χ2v) is 9.24. The Morgan fingerprint density at radius 1 is 0.724 bits per heavy atom. The molecule has 1 aliphatic rings. The quantitative estimate of drug-likeness (QED) is 0.326. The van der Waals surface area contributed by atoms with Crippen LogP contribution in [0.4, 0.5) is 0 Å². The first-order valence-corrected chi connectivity index (χ1v) is 12.5. The van der Waals surface area contributed by atoms with Gasteiger partial charge in [-0.15, -0.1) is 0 Å². The van der Waals surface area contributed by atoms with Gasteiger partial charge in [-0.1, -0.05) is 89.5 Å². The number of fused-ring (bicyclic) bond motifs is 1. The molecule has 0 amide bonds. The standard InChI is InChI=1S/C28H42O/c1-3-5-7-8-10-20-29-28-19-18-26-21-25(16-17-27(26)22-28)24-14-12-23(13-15-24)11-9-6-4-2/h16-19,21-24H,3-15,20H2,1-2H3/t23-,24-. The van der Waals surface area contributed by atoms with Gasteiger partial charge in [0.1, 0.15) is 5.75 Å². The molecular formula is C28H42O. The van der Waals surface area contributed by atoms with Gasteiger partial charge in [-0.3, -0.25) is 0 Å². The summed E-state index contributed by atoms with van der Waals surface area (Å²) in [6, 6.07) is 13.7. The van der Waals surface area contributed by atoms with Crippen LogP contribution in [0.15, 0.2) is 36.4 Å². The molecule has 0 aliphatic heterocycles. The summed E-state index contributed by atoms with van der Waals surface area (Å²) in [5.74, 6) is 2.77. The normalized spacial score (nSPS) is 19.5. The summed E-state index contributed by atoms with van der Waals surface area (Å²) in [5, 5.41) is 2.67. The minimum absolute atomic E-state index is 0.765. The van der Waals surface area contributed by atoms with Crippen molar-refractivity contribution in [3.8, 4) is 5.75 Å². The Labute approximate surface area is 179 Å². The van der Waals surface area contributed by atoms with Crippen molar-refractivity contribution < 1.29 is 4.74 Å². The average Bonchev–Trinajstić information content (AvgIpc) is 2.76. The van der Waals surface area contributed by atoms with Gasteiger partial charge < -0.3 is 4.74 Å². The highest BCUT2D eigenvalue weighted by atomic mass is 16.5. The summed E-state index contributed by atoms with van der Waals surface area (Å²) in [6.07, 6.45) is 17.7. The monoisotopic (exact) mass is 394 g/mol. The van der Waals surface area contributed by atoms with E-state index in [4.69, 9.17) is 4.74 Å². The van der Waals surface area contributed by atoms with E-state index in [2.05, 4.69) is 50.2 Å². The van der Waals surface area contributed by atoms with Crippen LogP contribution in [0.5, 0.6) is 5.75 Å². The van der Waals surface area contributed by atoms with Crippen LogP contribution in [-0.4, -0.2) is 6.61 Å². The van der Waals surface area contributed by atoms with Crippen LogP contribution in [0.25, 0.3) is 10.8 Å². The van der Waals surface area contributed by atoms with Crippen molar-refractivity contribution in [3.63, 3.8) is 0 Å². The van der Waals surface area contributed by atoms with Crippen molar-refractivity contribution in [1.82, 2.24) is 0 Å². The molecule has 1 saturated carbocycles. The van der Waals surface area contributed by atoms with Crippen molar-refractivity contribution in [2.75, 3.05) is 6.61 Å². The first-order chi connectivity index (χ1) is 14.3. The summed E-state index contributed by atoms with van der Waals surface area (Å²) < 4.78 is 5.99. The summed E-state index contributed by atoms with van der Waals surface area (Å²) >= 11 is 0. The molecule has 0 saturated heterocycles. The Morgan fingerprint density at radius 2 is 1.41 bits per heavy atom. The molecule has 0 radical (unpaired) electrons. The second kappa shape index (κ2) is 12.3. The Kier molecular flexibility index (Phi) is 9.38. The van der Waals surface area contributed by atoms with Crippen molar-refractivity contribution in [1.29, 1.82) is 0 Å². The van der Waals surface area contributed by atoms with E-state index < -0.39 is 0 Å².